The summed E-state index contributed by atoms with van der Waals surface area (Å²) in [4.78, 5) is 17.1. The highest BCUT2D eigenvalue weighted by Gasteiger charge is 2.26. The Kier molecular flexibility index (Phi) is 4.06. The summed E-state index contributed by atoms with van der Waals surface area (Å²) < 4.78 is 19.9. The molecule has 2 heterocycles. The van der Waals surface area contributed by atoms with Crippen LogP contribution in [-0.4, -0.2) is 27.7 Å². The largest absolute Gasteiger partial charge is 0.465 e. The molecule has 0 unspecified atom stereocenters. The molecule has 3 rings (SSSR count). The van der Waals surface area contributed by atoms with Crippen molar-refractivity contribution in [2.24, 2.45) is 0 Å². The summed E-state index contributed by atoms with van der Waals surface area (Å²) in [6, 6.07) is 7.83. The maximum absolute atomic E-state index is 13.3. The van der Waals surface area contributed by atoms with Crippen molar-refractivity contribution in [1.29, 1.82) is 0 Å². The Morgan fingerprint density at radius 2 is 1.84 bits per heavy atom. The highest BCUT2D eigenvalue weighted by molar-refractivity contribution is 6.03. The Balaban J connectivity index is 2.37. The highest BCUT2D eigenvalue weighted by atomic mass is 19.1. The van der Waals surface area contributed by atoms with E-state index in [1.165, 1.54) is 19.2 Å². The van der Waals surface area contributed by atoms with Crippen LogP contribution in [0.4, 0.5) is 4.39 Å². The van der Waals surface area contributed by atoms with Gasteiger partial charge in [-0.25, -0.2) is 18.7 Å². The molecule has 0 radical (unpaired) electrons. The zero-order valence-corrected chi connectivity index (χ0v) is 14.9. The first-order valence-electron chi connectivity index (χ1n) is 7.97. The van der Waals surface area contributed by atoms with Crippen LogP contribution in [0, 0.1) is 12.7 Å². The number of carbonyl (C=O) groups excluding carboxylic acids is 1. The number of pyridine rings is 1. The van der Waals surface area contributed by atoms with Gasteiger partial charge in [-0.3, -0.25) is 0 Å². The van der Waals surface area contributed by atoms with E-state index in [1.807, 2.05) is 33.8 Å². The van der Waals surface area contributed by atoms with Gasteiger partial charge in [0.25, 0.3) is 0 Å². The van der Waals surface area contributed by atoms with Crippen molar-refractivity contribution >= 4 is 11.6 Å². The van der Waals surface area contributed by atoms with E-state index >= 15 is 0 Å². The maximum atomic E-state index is 13.3. The van der Waals surface area contributed by atoms with E-state index in [0.717, 1.165) is 5.69 Å². The maximum Gasteiger partial charge on any atom is 0.342 e. The predicted molar refractivity (Wildman–Crippen MR) is 93.2 cm³/mol. The van der Waals surface area contributed by atoms with Gasteiger partial charge in [0.2, 0.25) is 0 Å². The van der Waals surface area contributed by atoms with Gasteiger partial charge in [0.15, 0.2) is 11.5 Å². The molecule has 0 fully saturated rings. The van der Waals surface area contributed by atoms with E-state index in [1.54, 1.807) is 16.6 Å². The summed E-state index contributed by atoms with van der Waals surface area (Å²) in [5, 5.41) is 4.55. The molecule has 0 aliphatic rings. The van der Waals surface area contributed by atoms with Crippen molar-refractivity contribution in [3.05, 3.63) is 53.2 Å². The van der Waals surface area contributed by atoms with Gasteiger partial charge in [-0.05, 0) is 30.7 Å². The minimum atomic E-state index is -0.503. The number of rotatable bonds is 2. The topological polar surface area (TPSA) is 56.5 Å². The molecule has 0 spiro atoms. The number of methoxy groups -OCH3 is 1. The van der Waals surface area contributed by atoms with E-state index < -0.39 is 5.97 Å². The second-order valence-corrected chi connectivity index (χ2v) is 6.99. The smallest absolute Gasteiger partial charge is 0.342 e. The van der Waals surface area contributed by atoms with Crippen LogP contribution in [-0.2, 0) is 10.2 Å². The SMILES string of the molecule is COC(=O)c1c(-c2ccc(F)cc2)cc(C)n2nc(C(C)(C)C)nc12. The summed E-state index contributed by atoms with van der Waals surface area (Å²) >= 11 is 0. The molecule has 0 N–H and O–H groups in total. The van der Waals surface area contributed by atoms with Crippen molar-refractivity contribution in [3.63, 3.8) is 0 Å². The molecule has 0 atom stereocenters. The number of hydrogen-bond acceptors (Lipinski definition) is 4. The van der Waals surface area contributed by atoms with Crippen molar-refractivity contribution < 1.29 is 13.9 Å². The number of nitrogens with zero attached hydrogens (tertiary/aromatic N) is 3. The van der Waals surface area contributed by atoms with Crippen LogP contribution in [0.2, 0.25) is 0 Å². The average Bonchev–Trinajstić information content (AvgIpc) is 3.01. The van der Waals surface area contributed by atoms with Crippen LogP contribution < -0.4 is 0 Å². The second kappa shape index (κ2) is 5.95. The number of fused-ring (bicyclic) bond motifs is 1. The molecule has 0 aliphatic heterocycles. The molecule has 25 heavy (non-hydrogen) atoms. The monoisotopic (exact) mass is 341 g/mol. The van der Waals surface area contributed by atoms with Gasteiger partial charge >= 0.3 is 5.97 Å². The Labute approximate surface area is 145 Å². The lowest BCUT2D eigenvalue weighted by Crippen LogP contribution is -2.13. The zero-order valence-electron chi connectivity index (χ0n) is 14.9. The lowest BCUT2D eigenvalue weighted by molar-refractivity contribution is 0.0603. The molecule has 0 aliphatic carbocycles. The van der Waals surface area contributed by atoms with Crippen LogP contribution in [0.25, 0.3) is 16.8 Å². The molecule has 130 valence electrons. The average molecular weight is 341 g/mol. The summed E-state index contributed by atoms with van der Waals surface area (Å²) in [7, 11) is 1.33. The van der Waals surface area contributed by atoms with E-state index in [4.69, 9.17) is 4.74 Å². The molecule has 0 saturated carbocycles. The fraction of sp³-hybridized carbons (Fsp3) is 0.316. The lowest BCUT2D eigenvalue weighted by atomic mass is 9.96. The number of carbonyl (C=O) groups is 1. The molecular formula is C19H20FN3O2. The van der Waals surface area contributed by atoms with Crippen LogP contribution in [0.1, 0.15) is 42.6 Å². The predicted octanol–water partition coefficient (Wildman–Crippen LogP) is 3.93. The molecule has 5 nitrogen and oxygen atoms in total. The molecule has 3 aromatic rings. The quantitative estimate of drug-likeness (QED) is 0.663. The molecule has 1 aromatic carbocycles. The number of aromatic nitrogens is 3. The molecule has 6 heteroatoms. The van der Waals surface area contributed by atoms with E-state index in [9.17, 15) is 9.18 Å². The summed E-state index contributed by atoms with van der Waals surface area (Å²) in [5.41, 5.74) is 2.68. The number of esters is 1. The third-order valence-corrected chi connectivity index (χ3v) is 4.00. The minimum absolute atomic E-state index is 0.262. The third-order valence-electron chi connectivity index (χ3n) is 4.00. The van der Waals surface area contributed by atoms with Gasteiger partial charge < -0.3 is 4.74 Å². The number of ether oxygens (including phenoxy) is 1. The van der Waals surface area contributed by atoms with Crippen molar-refractivity contribution in [2.45, 2.75) is 33.1 Å². The molecular weight excluding hydrogens is 321 g/mol. The number of aryl methyl sites for hydroxylation is 1. The first kappa shape index (κ1) is 17.1. The number of halogens is 1. The highest BCUT2D eigenvalue weighted by Crippen LogP contribution is 2.30. The van der Waals surface area contributed by atoms with E-state index in [2.05, 4.69) is 10.1 Å². The van der Waals surface area contributed by atoms with Crippen LogP contribution in [0.5, 0.6) is 0 Å². The van der Waals surface area contributed by atoms with Crippen molar-refractivity contribution in [2.75, 3.05) is 7.11 Å². The first-order valence-corrected chi connectivity index (χ1v) is 7.97. The summed E-state index contributed by atoms with van der Waals surface area (Å²) in [6.45, 7) is 7.92. The lowest BCUT2D eigenvalue weighted by Gasteiger charge is -2.11. The van der Waals surface area contributed by atoms with Gasteiger partial charge in [-0.15, -0.1) is 0 Å². The summed E-state index contributed by atoms with van der Waals surface area (Å²) in [6.07, 6.45) is 0. The zero-order chi connectivity index (χ0) is 18.4. The van der Waals surface area contributed by atoms with Gasteiger partial charge in [0.1, 0.15) is 11.4 Å². The molecule has 0 saturated heterocycles. The Morgan fingerprint density at radius 3 is 2.40 bits per heavy atom. The Hall–Kier alpha value is -2.76. The van der Waals surface area contributed by atoms with E-state index in [0.29, 0.717) is 28.2 Å². The minimum Gasteiger partial charge on any atom is -0.465 e. The van der Waals surface area contributed by atoms with E-state index in [-0.39, 0.29) is 11.2 Å². The van der Waals surface area contributed by atoms with Crippen molar-refractivity contribution in [1.82, 2.24) is 14.6 Å². The Morgan fingerprint density at radius 1 is 1.20 bits per heavy atom. The van der Waals surface area contributed by atoms with Gasteiger partial charge in [0.05, 0.1) is 7.11 Å². The Bertz CT molecular complexity index is 953. The fourth-order valence-corrected chi connectivity index (χ4v) is 2.66. The van der Waals surface area contributed by atoms with Crippen LogP contribution >= 0.6 is 0 Å². The standard InChI is InChI=1S/C19H20FN3O2/c1-11-10-14(12-6-8-13(20)9-7-12)15(17(24)25-5)16-21-18(19(2,3)4)22-23(11)16/h6-10H,1-5H3. The normalized spacial score (nSPS) is 11.8. The number of benzene rings is 1. The molecule has 2 aromatic heterocycles. The summed E-state index contributed by atoms with van der Waals surface area (Å²) in [5.74, 6) is -0.201. The molecule has 0 amide bonds. The van der Waals surface area contributed by atoms with Crippen LogP contribution in [0.3, 0.4) is 0 Å². The van der Waals surface area contributed by atoms with Gasteiger partial charge in [0, 0.05) is 16.7 Å². The van der Waals surface area contributed by atoms with Gasteiger partial charge in [-0.2, -0.15) is 5.10 Å². The fourth-order valence-electron chi connectivity index (χ4n) is 2.66. The van der Waals surface area contributed by atoms with Crippen molar-refractivity contribution in [3.8, 4) is 11.1 Å². The van der Waals surface area contributed by atoms with Gasteiger partial charge in [-0.1, -0.05) is 32.9 Å². The first-order chi connectivity index (χ1) is 11.7. The molecule has 0 bridgehead atoms. The second-order valence-electron chi connectivity index (χ2n) is 6.99. The van der Waals surface area contributed by atoms with Crippen LogP contribution in [0.15, 0.2) is 30.3 Å². The third kappa shape index (κ3) is 2.99. The number of hydrogen-bond donors (Lipinski definition) is 0.